The molecule has 0 spiro atoms. The standard InChI is InChI=1S/C8H5F9O5S/c1-3(6(9,10)11)4(18)22-5(7(12,13)14,8(15,16)17)2-23(19,20)21/h1-2H2,(H,19,20,21). The van der Waals surface area contributed by atoms with Gasteiger partial charge in [-0.25, -0.2) is 4.79 Å². The third kappa shape index (κ3) is 4.98. The fraction of sp³-hybridized carbons (Fsp3) is 0.625. The minimum atomic E-state index is -6.72. The van der Waals surface area contributed by atoms with E-state index in [1.165, 1.54) is 0 Å². The SMILES string of the molecule is C=C(C(=O)OC(CS(=O)(=O)O)(C(F)(F)F)C(F)(F)F)C(F)(F)F. The molecule has 136 valence electrons. The van der Waals surface area contributed by atoms with E-state index >= 15 is 0 Å². The van der Waals surface area contributed by atoms with E-state index in [0.717, 1.165) is 0 Å². The summed E-state index contributed by atoms with van der Waals surface area (Å²) in [5.41, 5.74) is -8.66. The number of hydrogen-bond donors (Lipinski definition) is 1. The Hall–Kier alpha value is -1.51. The summed E-state index contributed by atoms with van der Waals surface area (Å²) in [5, 5.41) is 0. The van der Waals surface area contributed by atoms with Crippen molar-refractivity contribution in [2.45, 2.75) is 24.1 Å². The molecule has 0 aliphatic heterocycles. The monoisotopic (exact) mass is 384 g/mol. The molecule has 0 atom stereocenters. The number of rotatable bonds is 4. The van der Waals surface area contributed by atoms with Crippen molar-refractivity contribution in [1.29, 1.82) is 0 Å². The number of ether oxygens (including phenoxy) is 1. The lowest BCUT2D eigenvalue weighted by Gasteiger charge is -2.35. The molecule has 0 unspecified atom stereocenters. The van der Waals surface area contributed by atoms with Crippen LogP contribution in [0.15, 0.2) is 12.2 Å². The molecule has 0 aromatic rings. The molecule has 23 heavy (non-hydrogen) atoms. The van der Waals surface area contributed by atoms with Crippen LogP contribution < -0.4 is 0 Å². The number of carbonyl (C=O) groups excluding carboxylic acids is 1. The molecule has 0 aliphatic rings. The second kappa shape index (κ2) is 5.85. The van der Waals surface area contributed by atoms with Crippen LogP contribution in [0.4, 0.5) is 39.5 Å². The highest BCUT2D eigenvalue weighted by atomic mass is 32.2. The Morgan fingerprint density at radius 2 is 1.30 bits per heavy atom. The maximum absolute atomic E-state index is 12.6. The van der Waals surface area contributed by atoms with E-state index in [1.54, 1.807) is 0 Å². The normalized spacial score (nSPS) is 14.5. The van der Waals surface area contributed by atoms with Gasteiger partial charge in [0.2, 0.25) is 0 Å². The van der Waals surface area contributed by atoms with Gasteiger partial charge in [0.15, 0.2) is 0 Å². The van der Waals surface area contributed by atoms with E-state index in [-0.39, 0.29) is 0 Å². The van der Waals surface area contributed by atoms with Crippen molar-refractivity contribution in [1.82, 2.24) is 0 Å². The molecule has 0 amide bonds. The Morgan fingerprint density at radius 3 is 1.52 bits per heavy atom. The number of alkyl halides is 9. The average molecular weight is 384 g/mol. The molecule has 5 nitrogen and oxygen atoms in total. The van der Waals surface area contributed by atoms with Gasteiger partial charge in [-0.3, -0.25) is 4.55 Å². The van der Waals surface area contributed by atoms with Crippen LogP contribution in [0.5, 0.6) is 0 Å². The molecular weight excluding hydrogens is 379 g/mol. The molecule has 0 saturated heterocycles. The molecular formula is C8H5F9O5S. The summed E-state index contributed by atoms with van der Waals surface area (Å²) in [6.07, 6.45) is -19.2. The molecule has 0 aromatic heterocycles. The number of esters is 1. The number of carbonyl (C=O) groups is 1. The fourth-order valence-electron chi connectivity index (χ4n) is 1.06. The van der Waals surface area contributed by atoms with Crippen LogP contribution in [0, 0.1) is 0 Å². The van der Waals surface area contributed by atoms with Gasteiger partial charge in [0, 0.05) is 0 Å². The van der Waals surface area contributed by atoms with Crippen molar-refractivity contribution in [3.8, 4) is 0 Å². The predicted molar refractivity (Wildman–Crippen MR) is 52.5 cm³/mol. The summed E-state index contributed by atoms with van der Waals surface area (Å²) < 4.78 is 144. The quantitative estimate of drug-likeness (QED) is 0.349. The van der Waals surface area contributed by atoms with Crippen molar-refractivity contribution in [2.24, 2.45) is 0 Å². The zero-order valence-electron chi connectivity index (χ0n) is 10.3. The second-order valence-corrected chi connectivity index (χ2v) is 5.37. The Kier molecular flexibility index (Phi) is 5.46. The first-order chi connectivity index (χ1) is 9.75. The lowest BCUT2D eigenvalue weighted by atomic mass is 10.1. The van der Waals surface area contributed by atoms with Gasteiger partial charge in [-0.05, 0) is 0 Å². The topological polar surface area (TPSA) is 80.7 Å². The van der Waals surface area contributed by atoms with Crippen LogP contribution in [0.1, 0.15) is 0 Å². The zero-order valence-corrected chi connectivity index (χ0v) is 11.1. The summed E-state index contributed by atoms with van der Waals surface area (Å²) in [7, 11) is -6.08. The molecule has 0 aliphatic carbocycles. The molecule has 0 bridgehead atoms. The maximum Gasteiger partial charge on any atom is 0.438 e. The molecule has 0 rings (SSSR count). The molecule has 1 N–H and O–H groups in total. The largest absolute Gasteiger partial charge is 0.438 e. The molecule has 0 heterocycles. The highest BCUT2D eigenvalue weighted by Crippen LogP contribution is 2.47. The van der Waals surface area contributed by atoms with Crippen molar-refractivity contribution < 1.29 is 62.0 Å². The molecule has 0 saturated carbocycles. The van der Waals surface area contributed by atoms with Crippen LogP contribution >= 0.6 is 0 Å². The predicted octanol–water partition coefficient (Wildman–Crippen LogP) is 2.40. The van der Waals surface area contributed by atoms with Gasteiger partial charge in [-0.15, -0.1) is 0 Å². The second-order valence-electron chi connectivity index (χ2n) is 3.91. The van der Waals surface area contributed by atoms with Crippen LogP contribution in [-0.2, 0) is 19.6 Å². The smallest absolute Gasteiger partial charge is 0.435 e. The van der Waals surface area contributed by atoms with E-state index in [0.29, 0.717) is 0 Å². The van der Waals surface area contributed by atoms with Gasteiger partial charge in [-0.1, -0.05) is 6.58 Å². The van der Waals surface area contributed by atoms with Gasteiger partial charge in [0.1, 0.15) is 11.3 Å². The molecule has 15 heteroatoms. The Bertz CT molecular complexity index is 569. The average Bonchev–Trinajstić information content (AvgIpc) is 2.20. The number of halogens is 9. The van der Waals surface area contributed by atoms with Gasteiger partial charge in [0.05, 0.1) is 0 Å². The van der Waals surface area contributed by atoms with Crippen LogP contribution in [0.3, 0.4) is 0 Å². The minimum Gasteiger partial charge on any atom is -0.435 e. The van der Waals surface area contributed by atoms with Crippen LogP contribution in [0.25, 0.3) is 0 Å². The first-order valence-corrected chi connectivity index (χ1v) is 6.43. The Morgan fingerprint density at radius 1 is 0.957 bits per heavy atom. The Labute approximate surface area is 121 Å². The van der Waals surface area contributed by atoms with Gasteiger partial charge in [-0.2, -0.15) is 47.9 Å². The van der Waals surface area contributed by atoms with E-state index in [9.17, 15) is 52.7 Å². The highest BCUT2D eigenvalue weighted by molar-refractivity contribution is 7.85. The zero-order chi connectivity index (χ0) is 19.1. The third-order valence-corrected chi connectivity index (χ3v) is 2.93. The summed E-state index contributed by atoms with van der Waals surface area (Å²) in [6, 6.07) is 0. The summed E-state index contributed by atoms with van der Waals surface area (Å²) in [4.78, 5) is 10.9. The summed E-state index contributed by atoms with van der Waals surface area (Å²) >= 11 is 0. The first-order valence-electron chi connectivity index (χ1n) is 4.82. The van der Waals surface area contributed by atoms with Crippen molar-refractivity contribution in [2.75, 3.05) is 5.75 Å². The van der Waals surface area contributed by atoms with E-state index in [2.05, 4.69) is 4.74 Å². The fourth-order valence-corrected chi connectivity index (χ4v) is 1.96. The summed E-state index contributed by atoms with van der Waals surface area (Å²) in [5.74, 6) is -6.50. The van der Waals surface area contributed by atoms with Gasteiger partial charge >= 0.3 is 30.1 Å². The van der Waals surface area contributed by atoms with Crippen molar-refractivity contribution in [3.63, 3.8) is 0 Å². The van der Waals surface area contributed by atoms with Crippen molar-refractivity contribution >= 4 is 16.1 Å². The lowest BCUT2D eigenvalue weighted by Crippen LogP contribution is -2.63. The number of hydrogen-bond acceptors (Lipinski definition) is 4. The lowest BCUT2D eigenvalue weighted by molar-refractivity contribution is -0.361. The first kappa shape index (κ1) is 21.5. The van der Waals surface area contributed by atoms with Gasteiger partial charge < -0.3 is 4.74 Å². The van der Waals surface area contributed by atoms with Crippen LogP contribution in [0.2, 0.25) is 0 Å². The summed E-state index contributed by atoms with van der Waals surface area (Å²) in [6.45, 7) is 1.92. The van der Waals surface area contributed by atoms with Crippen molar-refractivity contribution in [3.05, 3.63) is 12.2 Å². The van der Waals surface area contributed by atoms with E-state index in [4.69, 9.17) is 4.55 Å². The van der Waals surface area contributed by atoms with E-state index in [1.807, 2.05) is 6.58 Å². The maximum atomic E-state index is 12.6. The molecule has 0 fully saturated rings. The molecule has 0 aromatic carbocycles. The van der Waals surface area contributed by atoms with E-state index < -0.39 is 51.5 Å². The highest BCUT2D eigenvalue weighted by Gasteiger charge is 2.76. The molecule has 0 radical (unpaired) electrons. The Balaban J connectivity index is 6.17. The van der Waals surface area contributed by atoms with Crippen LogP contribution in [-0.4, -0.2) is 48.8 Å². The van der Waals surface area contributed by atoms with Gasteiger partial charge in [0.25, 0.3) is 10.1 Å². The minimum absolute atomic E-state index is 1.92. The third-order valence-electron chi connectivity index (χ3n) is 2.16.